The Morgan fingerprint density at radius 2 is 1.71 bits per heavy atom. The molecule has 2 amide bonds. The summed E-state index contributed by atoms with van der Waals surface area (Å²) in [4.78, 5) is 33.0. The number of nitrogens with zero attached hydrogens (tertiary/aromatic N) is 3. The highest BCUT2D eigenvalue weighted by atomic mass is 16.2. The van der Waals surface area contributed by atoms with Gasteiger partial charge in [-0.05, 0) is 31.0 Å². The minimum Gasteiger partial charge on any atom is -0.353 e. The van der Waals surface area contributed by atoms with E-state index in [1.54, 1.807) is 6.20 Å². The number of anilines is 1. The van der Waals surface area contributed by atoms with Crippen LogP contribution in [0.3, 0.4) is 0 Å². The smallest absolute Gasteiger partial charge is 0.222 e. The van der Waals surface area contributed by atoms with Gasteiger partial charge in [0, 0.05) is 45.2 Å². The number of carbonyl (C=O) groups is 2. The molecule has 0 radical (unpaired) electrons. The Balaban J connectivity index is 1.35. The predicted molar refractivity (Wildman–Crippen MR) is 110 cm³/mol. The largest absolute Gasteiger partial charge is 0.353 e. The van der Waals surface area contributed by atoms with Crippen molar-refractivity contribution in [1.29, 1.82) is 0 Å². The molecule has 0 saturated carbocycles. The summed E-state index contributed by atoms with van der Waals surface area (Å²) in [6.07, 6.45) is 3.15. The summed E-state index contributed by atoms with van der Waals surface area (Å²) in [6, 6.07) is 15.7. The van der Waals surface area contributed by atoms with Gasteiger partial charge in [0.05, 0.1) is 6.04 Å². The number of rotatable bonds is 7. The molecular formula is C22H28N4O2. The van der Waals surface area contributed by atoms with E-state index in [0.29, 0.717) is 32.4 Å². The fourth-order valence-electron chi connectivity index (χ4n) is 3.42. The molecule has 1 aromatic heterocycles. The van der Waals surface area contributed by atoms with E-state index >= 15 is 0 Å². The van der Waals surface area contributed by atoms with Crippen LogP contribution in [0.2, 0.25) is 0 Å². The first-order valence-electron chi connectivity index (χ1n) is 9.91. The van der Waals surface area contributed by atoms with Crippen LogP contribution in [-0.2, 0) is 9.59 Å². The van der Waals surface area contributed by atoms with E-state index in [0.717, 1.165) is 24.5 Å². The average molecular weight is 380 g/mol. The molecule has 1 atom stereocenters. The molecule has 0 aliphatic carbocycles. The van der Waals surface area contributed by atoms with Gasteiger partial charge in [0.25, 0.3) is 0 Å². The van der Waals surface area contributed by atoms with Crippen LogP contribution in [0, 0.1) is 0 Å². The normalized spacial score (nSPS) is 15.2. The van der Waals surface area contributed by atoms with Crippen molar-refractivity contribution in [3.05, 3.63) is 60.3 Å². The molecule has 1 N–H and O–H groups in total. The number of benzene rings is 1. The highest BCUT2D eigenvalue weighted by Crippen LogP contribution is 2.14. The van der Waals surface area contributed by atoms with Gasteiger partial charge in [0.15, 0.2) is 0 Å². The Hall–Kier alpha value is -2.89. The van der Waals surface area contributed by atoms with E-state index in [1.165, 1.54) is 0 Å². The summed E-state index contributed by atoms with van der Waals surface area (Å²) in [5, 5.41) is 3.00. The van der Waals surface area contributed by atoms with E-state index < -0.39 is 0 Å². The number of aromatic nitrogens is 1. The fraction of sp³-hybridized carbons (Fsp3) is 0.409. The highest BCUT2D eigenvalue weighted by Gasteiger charge is 2.21. The number of hydrogen-bond donors (Lipinski definition) is 1. The van der Waals surface area contributed by atoms with Crippen molar-refractivity contribution in [2.45, 2.75) is 32.2 Å². The number of amides is 2. The molecule has 6 nitrogen and oxygen atoms in total. The molecule has 1 aromatic carbocycles. The zero-order chi connectivity index (χ0) is 19.8. The van der Waals surface area contributed by atoms with Crippen LogP contribution in [0.5, 0.6) is 0 Å². The number of hydrogen-bond acceptors (Lipinski definition) is 4. The number of nitrogens with one attached hydrogen (secondary N) is 1. The molecule has 2 heterocycles. The SMILES string of the molecule is C[C@H](NC(=O)CCCC(=O)N1CCN(c2ccccn2)CC1)c1ccccc1. The maximum absolute atomic E-state index is 12.4. The van der Waals surface area contributed by atoms with Crippen molar-refractivity contribution < 1.29 is 9.59 Å². The maximum Gasteiger partial charge on any atom is 0.222 e. The van der Waals surface area contributed by atoms with E-state index in [1.807, 2.05) is 60.4 Å². The molecule has 6 heteroatoms. The van der Waals surface area contributed by atoms with Gasteiger partial charge in [0.1, 0.15) is 5.82 Å². The minimum absolute atomic E-state index is 0.0101. The van der Waals surface area contributed by atoms with Crippen molar-refractivity contribution in [2.75, 3.05) is 31.1 Å². The van der Waals surface area contributed by atoms with Crippen molar-refractivity contribution in [3.63, 3.8) is 0 Å². The van der Waals surface area contributed by atoms with Crippen LogP contribution < -0.4 is 10.2 Å². The Morgan fingerprint density at radius 1 is 1.00 bits per heavy atom. The Bertz CT molecular complexity index is 759. The van der Waals surface area contributed by atoms with Gasteiger partial charge in [-0.2, -0.15) is 0 Å². The molecule has 1 aliphatic rings. The predicted octanol–water partition coefficient (Wildman–Crippen LogP) is 2.78. The summed E-state index contributed by atoms with van der Waals surface area (Å²) >= 11 is 0. The molecule has 0 spiro atoms. The Morgan fingerprint density at radius 3 is 2.39 bits per heavy atom. The monoisotopic (exact) mass is 380 g/mol. The molecule has 3 rings (SSSR count). The van der Waals surface area contributed by atoms with Gasteiger partial charge in [-0.25, -0.2) is 4.98 Å². The Kier molecular flexibility index (Phi) is 7.00. The van der Waals surface area contributed by atoms with Crippen molar-refractivity contribution in [2.24, 2.45) is 0 Å². The molecule has 2 aromatic rings. The minimum atomic E-state index is -0.0240. The Labute approximate surface area is 166 Å². The molecule has 0 bridgehead atoms. The third-order valence-electron chi connectivity index (χ3n) is 5.08. The lowest BCUT2D eigenvalue weighted by atomic mass is 10.1. The van der Waals surface area contributed by atoms with Crippen molar-refractivity contribution in [3.8, 4) is 0 Å². The summed E-state index contributed by atoms with van der Waals surface area (Å²) in [7, 11) is 0. The van der Waals surface area contributed by atoms with E-state index in [2.05, 4.69) is 15.2 Å². The van der Waals surface area contributed by atoms with Crippen LogP contribution in [0.15, 0.2) is 54.7 Å². The average Bonchev–Trinajstić information content (AvgIpc) is 2.75. The second-order valence-electron chi connectivity index (χ2n) is 7.11. The second kappa shape index (κ2) is 9.88. The van der Waals surface area contributed by atoms with Crippen LogP contribution in [0.4, 0.5) is 5.82 Å². The molecular weight excluding hydrogens is 352 g/mol. The number of pyridine rings is 1. The topological polar surface area (TPSA) is 65.5 Å². The maximum atomic E-state index is 12.4. The summed E-state index contributed by atoms with van der Waals surface area (Å²) in [5.74, 6) is 1.08. The van der Waals surface area contributed by atoms with Gasteiger partial charge in [-0.3, -0.25) is 9.59 Å². The lowest BCUT2D eigenvalue weighted by Crippen LogP contribution is -2.49. The van der Waals surface area contributed by atoms with Crippen molar-refractivity contribution >= 4 is 17.6 Å². The third-order valence-corrected chi connectivity index (χ3v) is 5.08. The molecule has 1 aliphatic heterocycles. The van der Waals surface area contributed by atoms with Gasteiger partial charge < -0.3 is 15.1 Å². The quantitative estimate of drug-likeness (QED) is 0.802. The molecule has 1 saturated heterocycles. The zero-order valence-corrected chi connectivity index (χ0v) is 16.4. The molecule has 28 heavy (non-hydrogen) atoms. The zero-order valence-electron chi connectivity index (χ0n) is 16.4. The fourth-order valence-corrected chi connectivity index (χ4v) is 3.42. The van der Waals surface area contributed by atoms with E-state index in [4.69, 9.17) is 0 Å². The number of piperazine rings is 1. The van der Waals surface area contributed by atoms with E-state index in [-0.39, 0.29) is 17.9 Å². The first-order valence-corrected chi connectivity index (χ1v) is 9.91. The number of carbonyl (C=O) groups excluding carboxylic acids is 2. The van der Waals surface area contributed by atoms with Gasteiger partial charge in [-0.15, -0.1) is 0 Å². The van der Waals surface area contributed by atoms with Gasteiger partial charge in [-0.1, -0.05) is 36.4 Å². The third kappa shape index (κ3) is 5.55. The van der Waals surface area contributed by atoms with Gasteiger partial charge >= 0.3 is 0 Å². The van der Waals surface area contributed by atoms with Crippen LogP contribution in [0.1, 0.15) is 37.8 Å². The van der Waals surface area contributed by atoms with Crippen LogP contribution >= 0.6 is 0 Å². The van der Waals surface area contributed by atoms with Crippen LogP contribution in [-0.4, -0.2) is 47.9 Å². The first kappa shape index (κ1) is 19.9. The summed E-state index contributed by atoms with van der Waals surface area (Å²) < 4.78 is 0. The standard InChI is InChI=1S/C22H28N4O2/c1-18(19-8-3-2-4-9-19)24-21(27)11-7-12-22(28)26-16-14-25(15-17-26)20-10-5-6-13-23-20/h2-6,8-10,13,18H,7,11-12,14-17H2,1H3,(H,24,27)/t18-/m0/s1. The highest BCUT2D eigenvalue weighted by molar-refractivity contribution is 5.79. The van der Waals surface area contributed by atoms with Gasteiger partial charge in [0.2, 0.25) is 11.8 Å². The first-order chi connectivity index (χ1) is 13.6. The second-order valence-corrected chi connectivity index (χ2v) is 7.11. The lowest BCUT2D eigenvalue weighted by molar-refractivity contribution is -0.131. The van der Waals surface area contributed by atoms with Crippen molar-refractivity contribution in [1.82, 2.24) is 15.2 Å². The summed E-state index contributed by atoms with van der Waals surface area (Å²) in [5.41, 5.74) is 1.08. The lowest BCUT2D eigenvalue weighted by Gasteiger charge is -2.35. The summed E-state index contributed by atoms with van der Waals surface area (Å²) in [6.45, 7) is 4.95. The molecule has 148 valence electrons. The van der Waals surface area contributed by atoms with Crippen LogP contribution in [0.25, 0.3) is 0 Å². The molecule has 1 fully saturated rings. The van der Waals surface area contributed by atoms with E-state index in [9.17, 15) is 9.59 Å². The molecule has 0 unspecified atom stereocenters.